The lowest BCUT2D eigenvalue weighted by Gasteiger charge is -2.25. The van der Waals surface area contributed by atoms with Crippen LogP contribution >= 0.6 is 0 Å². The van der Waals surface area contributed by atoms with Crippen molar-refractivity contribution in [3.63, 3.8) is 0 Å². The van der Waals surface area contributed by atoms with Crippen LogP contribution in [0.2, 0.25) is 0 Å². The third-order valence-electron chi connectivity index (χ3n) is 3.45. The molecule has 2 aromatic rings. The average molecular weight is 272 g/mol. The molecule has 1 aromatic carbocycles. The van der Waals surface area contributed by atoms with Crippen LogP contribution in [-0.2, 0) is 24.2 Å². The van der Waals surface area contributed by atoms with Gasteiger partial charge in [-0.05, 0) is 17.5 Å². The third-order valence-corrected chi connectivity index (χ3v) is 3.45. The van der Waals surface area contributed by atoms with E-state index in [1.165, 1.54) is 17.5 Å². The summed E-state index contributed by atoms with van der Waals surface area (Å²) in [5, 5.41) is 9.86. The van der Waals surface area contributed by atoms with Crippen molar-refractivity contribution in [3.05, 3.63) is 47.6 Å². The Hall–Kier alpha value is -2.21. The van der Waals surface area contributed by atoms with Gasteiger partial charge in [-0.1, -0.05) is 29.4 Å². The van der Waals surface area contributed by atoms with Crippen molar-refractivity contribution in [2.75, 3.05) is 6.54 Å². The van der Waals surface area contributed by atoms with Gasteiger partial charge in [-0.25, -0.2) is 0 Å². The maximum atomic E-state index is 12.1. The summed E-state index contributed by atoms with van der Waals surface area (Å²) in [4.78, 5) is 16.0. The summed E-state index contributed by atoms with van der Waals surface area (Å²) in [5.74, 6) is 0.621. The Bertz CT molecular complexity index is 583. The Balaban J connectivity index is 1.51. The van der Waals surface area contributed by atoms with Gasteiger partial charge in [-0.2, -0.15) is 4.98 Å². The van der Waals surface area contributed by atoms with Crippen LogP contribution in [0.4, 0.5) is 0 Å². The number of rotatable bonds is 4. The van der Waals surface area contributed by atoms with Crippen LogP contribution in [-0.4, -0.2) is 28.6 Å². The number of fused-ring (bicyclic) bond motifs is 1. The third kappa shape index (κ3) is 2.85. The van der Waals surface area contributed by atoms with E-state index in [-0.39, 0.29) is 11.9 Å². The molecule has 1 aromatic heterocycles. The number of nitrogens with one attached hydrogen (secondary N) is 2. The smallest absolute Gasteiger partial charge is 0.237 e. The van der Waals surface area contributed by atoms with Gasteiger partial charge in [-0.3, -0.25) is 4.79 Å². The normalized spacial score (nSPS) is 17.5. The summed E-state index contributed by atoms with van der Waals surface area (Å²) < 4.78 is 4.64. The molecule has 0 spiro atoms. The standard InChI is InChI=1S/C14H16N4O2/c19-14(15-6-5-13-17-9-20-18-13)12-7-10-3-1-2-4-11(10)8-16-12/h1-4,9,12,16H,5-8H2,(H,15,19). The van der Waals surface area contributed by atoms with Crippen LogP contribution in [0.5, 0.6) is 0 Å². The maximum Gasteiger partial charge on any atom is 0.237 e. The first-order valence-corrected chi connectivity index (χ1v) is 6.66. The molecule has 0 bridgehead atoms. The molecule has 6 heteroatoms. The fourth-order valence-electron chi connectivity index (χ4n) is 2.36. The molecule has 20 heavy (non-hydrogen) atoms. The zero-order valence-electron chi connectivity index (χ0n) is 11.0. The first kappa shape index (κ1) is 12.8. The second kappa shape index (κ2) is 5.83. The molecule has 1 atom stereocenters. The number of carbonyl (C=O) groups is 1. The minimum atomic E-state index is -0.171. The highest BCUT2D eigenvalue weighted by Gasteiger charge is 2.23. The van der Waals surface area contributed by atoms with Gasteiger partial charge in [0.25, 0.3) is 0 Å². The molecule has 1 aliphatic rings. The SMILES string of the molecule is O=C(NCCc1ncon1)C1Cc2ccccc2CN1. The van der Waals surface area contributed by atoms with Gasteiger partial charge in [0.2, 0.25) is 12.3 Å². The molecule has 2 N–H and O–H groups in total. The fraction of sp³-hybridized carbons (Fsp3) is 0.357. The van der Waals surface area contributed by atoms with E-state index in [9.17, 15) is 4.79 Å². The van der Waals surface area contributed by atoms with Crippen LogP contribution in [0.15, 0.2) is 35.2 Å². The number of aromatic nitrogens is 2. The van der Waals surface area contributed by atoms with Crippen molar-refractivity contribution < 1.29 is 9.32 Å². The number of nitrogens with zero attached hydrogens (tertiary/aromatic N) is 2. The van der Waals surface area contributed by atoms with E-state index in [1.54, 1.807) is 0 Å². The second-order valence-corrected chi connectivity index (χ2v) is 4.79. The zero-order chi connectivity index (χ0) is 13.8. The monoisotopic (exact) mass is 272 g/mol. The number of carbonyl (C=O) groups excluding carboxylic acids is 1. The Morgan fingerprint density at radius 2 is 2.25 bits per heavy atom. The van der Waals surface area contributed by atoms with Crippen molar-refractivity contribution in [2.45, 2.75) is 25.4 Å². The minimum absolute atomic E-state index is 0.0167. The highest BCUT2D eigenvalue weighted by atomic mass is 16.5. The molecule has 2 heterocycles. The predicted octanol–water partition coefficient (Wildman–Crippen LogP) is 0.443. The van der Waals surface area contributed by atoms with Gasteiger partial charge in [0.1, 0.15) is 0 Å². The summed E-state index contributed by atoms with van der Waals surface area (Å²) in [5.41, 5.74) is 2.51. The first-order valence-electron chi connectivity index (χ1n) is 6.66. The van der Waals surface area contributed by atoms with Crippen LogP contribution in [0.1, 0.15) is 17.0 Å². The van der Waals surface area contributed by atoms with Crippen LogP contribution in [0.25, 0.3) is 0 Å². The fourth-order valence-corrected chi connectivity index (χ4v) is 2.36. The molecule has 0 saturated heterocycles. The van der Waals surface area contributed by atoms with Gasteiger partial charge in [-0.15, -0.1) is 0 Å². The highest BCUT2D eigenvalue weighted by molar-refractivity contribution is 5.82. The number of benzene rings is 1. The minimum Gasteiger partial charge on any atom is -0.354 e. The van der Waals surface area contributed by atoms with E-state index in [2.05, 4.69) is 37.4 Å². The lowest BCUT2D eigenvalue weighted by atomic mass is 9.95. The second-order valence-electron chi connectivity index (χ2n) is 4.79. The molecule has 1 unspecified atom stereocenters. The lowest BCUT2D eigenvalue weighted by Crippen LogP contribution is -2.48. The lowest BCUT2D eigenvalue weighted by molar-refractivity contribution is -0.123. The van der Waals surface area contributed by atoms with E-state index in [0.717, 1.165) is 13.0 Å². The molecule has 3 rings (SSSR count). The van der Waals surface area contributed by atoms with Crippen LogP contribution < -0.4 is 10.6 Å². The van der Waals surface area contributed by atoms with E-state index in [0.29, 0.717) is 18.8 Å². The van der Waals surface area contributed by atoms with E-state index < -0.39 is 0 Å². The van der Waals surface area contributed by atoms with Crippen LogP contribution in [0.3, 0.4) is 0 Å². The summed E-state index contributed by atoms with van der Waals surface area (Å²) >= 11 is 0. The molecule has 1 amide bonds. The van der Waals surface area contributed by atoms with E-state index in [4.69, 9.17) is 0 Å². The quantitative estimate of drug-likeness (QED) is 0.844. The van der Waals surface area contributed by atoms with Crippen molar-refractivity contribution in [3.8, 4) is 0 Å². The molecule has 6 nitrogen and oxygen atoms in total. The molecule has 0 fully saturated rings. The van der Waals surface area contributed by atoms with Gasteiger partial charge >= 0.3 is 0 Å². The topological polar surface area (TPSA) is 80.1 Å². The Kier molecular flexibility index (Phi) is 3.73. The summed E-state index contributed by atoms with van der Waals surface area (Å²) in [7, 11) is 0. The zero-order valence-corrected chi connectivity index (χ0v) is 11.0. The van der Waals surface area contributed by atoms with Crippen molar-refractivity contribution >= 4 is 5.91 Å². The molecule has 0 radical (unpaired) electrons. The van der Waals surface area contributed by atoms with Gasteiger partial charge in [0, 0.05) is 19.5 Å². The molecule has 1 aliphatic heterocycles. The highest BCUT2D eigenvalue weighted by Crippen LogP contribution is 2.16. The van der Waals surface area contributed by atoms with Gasteiger partial charge in [0.05, 0.1) is 6.04 Å². The summed E-state index contributed by atoms with van der Waals surface area (Å²) in [6.07, 6.45) is 2.59. The Morgan fingerprint density at radius 1 is 1.40 bits per heavy atom. The number of amides is 1. The van der Waals surface area contributed by atoms with Crippen LogP contribution in [0, 0.1) is 0 Å². The van der Waals surface area contributed by atoms with Crippen molar-refractivity contribution in [2.24, 2.45) is 0 Å². The molecule has 0 saturated carbocycles. The summed E-state index contributed by atoms with van der Waals surface area (Å²) in [6.45, 7) is 1.25. The molecular formula is C14H16N4O2. The predicted molar refractivity (Wildman–Crippen MR) is 71.8 cm³/mol. The molecule has 104 valence electrons. The molecular weight excluding hydrogens is 256 g/mol. The van der Waals surface area contributed by atoms with Gasteiger partial charge < -0.3 is 15.2 Å². The Labute approximate surface area is 116 Å². The largest absolute Gasteiger partial charge is 0.354 e. The van der Waals surface area contributed by atoms with Crippen molar-refractivity contribution in [1.29, 1.82) is 0 Å². The van der Waals surface area contributed by atoms with E-state index in [1.807, 2.05) is 12.1 Å². The maximum absolute atomic E-state index is 12.1. The average Bonchev–Trinajstić information content (AvgIpc) is 3.00. The van der Waals surface area contributed by atoms with Crippen molar-refractivity contribution in [1.82, 2.24) is 20.8 Å². The number of hydrogen-bond donors (Lipinski definition) is 2. The van der Waals surface area contributed by atoms with Gasteiger partial charge in [0.15, 0.2) is 5.82 Å². The summed E-state index contributed by atoms with van der Waals surface area (Å²) in [6, 6.07) is 8.03. The Morgan fingerprint density at radius 3 is 3.05 bits per heavy atom. The first-order chi connectivity index (χ1) is 9.83. The molecule has 0 aliphatic carbocycles. The number of hydrogen-bond acceptors (Lipinski definition) is 5. The van der Waals surface area contributed by atoms with E-state index >= 15 is 0 Å².